The van der Waals surface area contributed by atoms with E-state index in [1.165, 1.54) is 0 Å². The van der Waals surface area contributed by atoms with Gasteiger partial charge in [0.25, 0.3) is 5.91 Å². The van der Waals surface area contributed by atoms with Crippen molar-refractivity contribution < 1.29 is 14.7 Å². The number of aryl methyl sites for hydroxylation is 1. The highest BCUT2D eigenvalue weighted by Crippen LogP contribution is 2.24. The summed E-state index contributed by atoms with van der Waals surface area (Å²) in [5.41, 5.74) is 1.62. The third kappa shape index (κ3) is 3.59. The molecule has 0 bridgehead atoms. The highest BCUT2D eigenvalue weighted by atomic mass is 16.4. The smallest absolute Gasteiger partial charge is 0.308 e. The highest BCUT2D eigenvalue weighted by Gasteiger charge is 2.30. The Balaban J connectivity index is 2.09. The van der Waals surface area contributed by atoms with Crippen molar-refractivity contribution in [2.24, 2.45) is 5.92 Å². The van der Waals surface area contributed by atoms with Crippen LogP contribution in [0.1, 0.15) is 48.0 Å². The molecule has 0 aliphatic heterocycles. The fourth-order valence-corrected chi connectivity index (χ4v) is 2.81. The molecule has 2 rings (SSSR count). The lowest BCUT2D eigenvalue weighted by atomic mass is 9.94. The first kappa shape index (κ1) is 14.6. The molecule has 1 saturated carbocycles. The lowest BCUT2D eigenvalue weighted by molar-refractivity contribution is -0.142. The number of carbonyl (C=O) groups is 2. The molecule has 2 atom stereocenters. The average molecular weight is 275 g/mol. The average Bonchev–Trinajstić information content (AvgIpc) is 2.64. The van der Waals surface area contributed by atoms with Crippen LogP contribution in [0.3, 0.4) is 0 Å². The molecule has 0 aromatic heterocycles. The molecule has 4 nitrogen and oxygen atoms in total. The SMILES string of the molecule is Cc1cccc(C(=O)NC2CCCCCC2C(=O)O)c1. The number of hydrogen-bond acceptors (Lipinski definition) is 2. The topological polar surface area (TPSA) is 66.4 Å². The summed E-state index contributed by atoms with van der Waals surface area (Å²) in [6.45, 7) is 1.93. The summed E-state index contributed by atoms with van der Waals surface area (Å²) in [6.07, 6.45) is 4.33. The molecular weight excluding hydrogens is 254 g/mol. The molecule has 20 heavy (non-hydrogen) atoms. The van der Waals surface area contributed by atoms with E-state index >= 15 is 0 Å². The summed E-state index contributed by atoms with van der Waals surface area (Å²) in [6, 6.07) is 7.09. The number of carboxylic acids is 1. The maximum absolute atomic E-state index is 12.2. The van der Waals surface area contributed by atoms with Gasteiger partial charge < -0.3 is 10.4 Å². The largest absolute Gasteiger partial charge is 0.481 e. The quantitative estimate of drug-likeness (QED) is 0.834. The molecule has 0 spiro atoms. The summed E-state index contributed by atoms with van der Waals surface area (Å²) in [5.74, 6) is -1.44. The Morgan fingerprint density at radius 1 is 1.20 bits per heavy atom. The number of benzene rings is 1. The molecule has 0 saturated heterocycles. The minimum atomic E-state index is -0.804. The van der Waals surface area contributed by atoms with Gasteiger partial charge in [0.2, 0.25) is 0 Å². The third-order valence-corrected chi connectivity index (χ3v) is 3.93. The van der Waals surface area contributed by atoms with Crippen LogP contribution < -0.4 is 5.32 Å². The molecule has 1 amide bonds. The van der Waals surface area contributed by atoms with Crippen molar-refractivity contribution >= 4 is 11.9 Å². The Hall–Kier alpha value is -1.84. The zero-order valence-corrected chi connectivity index (χ0v) is 11.8. The predicted molar refractivity (Wildman–Crippen MR) is 76.6 cm³/mol. The summed E-state index contributed by atoms with van der Waals surface area (Å²) < 4.78 is 0. The van der Waals surface area contributed by atoms with Gasteiger partial charge in [-0.3, -0.25) is 9.59 Å². The van der Waals surface area contributed by atoms with E-state index < -0.39 is 11.9 Å². The molecule has 2 unspecified atom stereocenters. The second-order valence-electron chi connectivity index (χ2n) is 5.53. The van der Waals surface area contributed by atoms with E-state index in [2.05, 4.69) is 5.32 Å². The number of aliphatic carboxylic acids is 1. The minimum Gasteiger partial charge on any atom is -0.481 e. The van der Waals surface area contributed by atoms with E-state index in [1.54, 1.807) is 6.07 Å². The van der Waals surface area contributed by atoms with Crippen molar-refractivity contribution in [3.63, 3.8) is 0 Å². The van der Waals surface area contributed by atoms with E-state index in [0.29, 0.717) is 12.0 Å². The van der Waals surface area contributed by atoms with Crippen LogP contribution in [0, 0.1) is 12.8 Å². The van der Waals surface area contributed by atoms with Crippen LogP contribution in [-0.4, -0.2) is 23.0 Å². The Labute approximate surface area is 119 Å². The number of nitrogens with one attached hydrogen (secondary N) is 1. The first-order valence-electron chi connectivity index (χ1n) is 7.18. The molecule has 4 heteroatoms. The molecular formula is C16H21NO3. The molecule has 108 valence electrons. The van der Waals surface area contributed by atoms with E-state index in [-0.39, 0.29) is 11.9 Å². The van der Waals surface area contributed by atoms with Gasteiger partial charge in [-0.25, -0.2) is 0 Å². The number of carbonyl (C=O) groups excluding carboxylic acids is 1. The molecule has 0 heterocycles. The Morgan fingerprint density at radius 2 is 1.95 bits per heavy atom. The number of amides is 1. The standard InChI is InChI=1S/C16H21NO3/c1-11-6-5-7-12(10-11)15(18)17-14-9-4-2-3-8-13(14)16(19)20/h5-7,10,13-14H,2-4,8-9H2,1H3,(H,17,18)(H,19,20). The Kier molecular flexibility index (Phi) is 4.77. The van der Waals surface area contributed by atoms with Gasteiger partial charge >= 0.3 is 5.97 Å². The lowest BCUT2D eigenvalue weighted by Crippen LogP contribution is -2.42. The van der Waals surface area contributed by atoms with E-state index in [4.69, 9.17) is 0 Å². The van der Waals surface area contributed by atoms with Gasteiger partial charge in [-0.2, -0.15) is 0 Å². The van der Waals surface area contributed by atoms with Crippen molar-refractivity contribution in [3.05, 3.63) is 35.4 Å². The third-order valence-electron chi connectivity index (χ3n) is 3.93. The first-order valence-corrected chi connectivity index (χ1v) is 7.18. The van der Waals surface area contributed by atoms with E-state index in [1.807, 2.05) is 25.1 Å². The van der Waals surface area contributed by atoms with Crippen LogP contribution in [0.4, 0.5) is 0 Å². The van der Waals surface area contributed by atoms with Gasteiger partial charge in [0.15, 0.2) is 0 Å². The summed E-state index contributed by atoms with van der Waals surface area (Å²) in [4.78, 5) is 23.6. The molecule has 0 radical (unpaired) electrons. The monoisotopic (exact) mass is 275 g/mol. The van der Waals surface area contributed by atoms with Crippen LogP contribution in [0.25, 0.3) is 0 Å². The molecule has 1 aromatic rings. The van der Waals surface area contributed by atoms with E-state index in [9.17, 15) is 14.7 Å². The van der Waals surface area contributed by atoms with Crippen LogP contribution in [0.5, 0.6) is 0 Å². The van der Waals surface area contributed by atoms with Crippen molar-refractivity contribution in [1.29, 1.82) is 0 Å². The van der Waals surface area contributed by atoms with Crippen LogP contribution in [0.15, 0.2) is 24.3 Å². The summed E-state index contributed by atoms with van der Waals surface area (Å²) in [7, 11) is 0. The number of carboxylic acid groups (broad SMARTS) is 1. The van der Waals surface area contributed by atoms with Crippen LogP contribution >= 0.6 is 0 Å². The van der Waals surface area contributed by atoms with Crippen LogP contribution in [0.2, 0.25) is 0 Å². The Bertz CT molecular complexity index is 498. The second-order valence-corrected chi connectivity index (χ2v) is 5.53. The molecule has 1 aromatic carbocycles. The van der Waals surface area contributed by atoms with Gasteiger partial charge in [0.1, 0.15) is 0 Å². The maximum Gasteiger partial charge on any atom is 0.308 e. The van der Waals surface area contributed by atoms with Crippen molar-refractivity contribution in [2.45, 2.75) is 45.1 Å². The normalized spacial score (nSPS) is 22.9. The first-order chi connectivity index (χ1) is 9.58. The highest BCUT2D eigenvalue weighted by molar-refractivity contribution is 5.94. The van der Waals surface area contributed by atoms with Gasteiger partial charge in [-0.1, -0.05) is 37.0 Å². The summed E-state index contributed by atoms with van der Waals surface area (Å²) in [5, 5.41) is 12.2. The van der Waals surface area contributed by atoms with Gasteiger partial charge in [-0.15, -0.1) is 0 Å². The van der Waals surface area contributed by atoms with Crippen LogP contribution in [-0.2, 0) is 4.79 Å². The zero-order chi connectivity index (χ0) is 14.5. The lowest BCUT2D eigenvalue weighted by Gasteiger charge is -2.23. The molecule has 2 N–H and O–H groups in total. The zero-order valence-electron chi connectivity index (χ0n) is 11.8. The fraction of sp³-hybridized carbons (Fsp3) is 0.500. The Morgan fingerprint density at radius 3 is 2.65 bits per heavy atom. The fourth-order valence-electron chi connectivity index (χ4n) is 2.81. The molecule has 1 aliphatic rings. The number of rotatable bonds is 3. The van der Waals surface area contributed by atoms with Gasteiger partial charge in [0, 0.05) is 11.6 Å². The second kappa shape index (κ2) is 6.55. The molecule has 1 aliphatic carbocycles. The van der Waals surface area contributed by atoms with Gasteiger partial charge in [0.05, 0.1) is 5.92 Å². The number of hydrogen-bond donors (Lipinski definition) is 2. The maximum atomic E-state index is 12.2. The van der Waals surface area contributed by atoms with Crippen molar-refractivity contribution in [3.8, 4) is 0 Å². The van der Waals surface area contributed by atoms with Gasteiger partial charge in [-0.05, 0) is 31.9 Å². The van der Waals surface area contributed by atoms with E-state index in [0.717, 1.165) is 31.2 Å². The van der Waals surface area contributed by atoms with Crippen molar-refractivity contribution in [1.82, 2.24) is 5.32 Å². The minimum absolute atomic E-state index is 0.174. The molecule has 1 fully saturated rings. The van der Waals surface area contributed by atoms with Crippen molar-refractivity contribution in [2.75, 3.05) is 0 Å². The summed E-state index contributed by atoms with van der Waals surface area (Å²) >= 11 is 0. The predicted octanol–water partition coefficient (Wildman–Crippen LogP) is 2.76.